The third-order valence-corrected chi connectivity index (χ3v) is 7.51. The molecule has 0 radical (unpaired) electrons. The van der Waals surface area contributed by atoms with E-state index in [4.69, 9.17) is 0 Å². The van der Waals surface area contributed by atoms with Gasteiger partial charge in [-0.2, -0.15) is 0 Å². The van der Waals surface area contributed by atoms with Crippen LogP contribution >= 0.6 is 0 Å². The first-order valence-electron chi connectivity index (χ1n) is 11.7. The van der Waals surface area contributed by atoms with Crippen molar-refractivity contribution in [3.63, 3.8) is 0 Å². The van der Waals surface area contributed by atoms with E-state index in [0.29, 0.717) is 42.9 Å². The van der Waals surface area contributed by atoms with Crippen molar-refractivity contribution in [1.82, 2.24) is 20.2 Å². The third-order valence-electron chi connectivity index (χ3n) is 7.51. The Kier molecular flexibility index (Phi) is 5.45. The lowest BCUT2D eigenvalue weighted by atomic mass is 9.79. The Labute approximate surface area is 189 Å². The highest BCUT2D eigenvalue weighted by molar-refractivity contribution is 6.06. The molecule has 3 aliphatic rings. The fraction of sp³-hybridized carbons (Fsp3) is 0.520. The minimum Gasteiger partial charge on any atom is -0.351 e. The van der Waals surface area contributed by atoms with Crippen LogP contribution in [0.5, 0.6) is 0 Å². The second kappa shape index (κ2) is 8.28. The number of rotatable bonds is 5. The van der Waals surface area contributed by atoms with Gasteiger partial charge in [0.2, 0.25) is 5.91 Å². The minimum absolute atomic E-state index is 0.0167. The lowest BCUT2D eigenvalue weighted by Gasteiger charge is -2.34. The summed E-state index contributed by atoms with van der Waals surface area (Å²) in [6.07, 6.45) is 8.04. The van der Waals surface area contributed by atoms with Crippen molar-refractivity contribution in [1.29, 1.82) is 0 Å². The molecule has 4 heterocycles. The van der Waals surface area contributed by atoms with E-state index in [9.17, 15) is 9.59 Å². The maximum atomic E-state index is 12.8. The number of amides is 2. The van der Waals surface area contributed by atoms with Gasteiger partial charge in [0.15, 0.2) is 0 Å². The third kappa shape index (κ3) is 3.68. The van der Waals surface area contributed by atoms with Crippen LogP contribution in [0.3, 0.4) is 0 Å². The van der Waals surface area contributed by atoms with Gasteiger partial charge < -0.3 is 15.5 Å². The average Bonchev–Trinajstić information content (AvgIpc) is 3.31. The number of carbonyl (C=O) groups excluding carboxylic acids is 2. The Morgan fingerprint density at radius 2 is 2.03 bits per heavy atom. The summed E-state index contributed by atoms with van der Waals surface area (Å²) in [6, 6.07) is 6.31. The molecule has 1 aliphatic carbocycles. The standard InChI is InChI=1S/C25H31N5O2/c1-16(2)30-10-6-17(7-11-30)5-9-27-23(31)21-12-18-13-25(14-19(18)15-28-21)20-4-3-8-26-22(20)29-24(25)32/h3-4,8,12,15-17H,5-7,9-11,13-14H2,1-2H3,(H,27,31)(H,26,29,32). The zero-order valence-corrected chi connectivity index (χ0v) is 18.9. The van der Waals surface area contributed by atoms with Gasteiger partial charge in [0.25, 0.3) is 5.91 Å². The molecule has 2 aromatic rings. The van der Waals surface area contributed by atoms with E-state index in [0.717, 1.165) is 36.2 Å². The number of carbonyl (C=O) groups is 2. The lowest BCUT2D eigenvalue weighted by Crippen LogP contribution is -2.39. The Balaban J connectivity index is 1.20. The Morgan fingerprint density at radius 1 is 1.25 bits per heavy atom. The van der Waals surface area contributed by atoms with Crippen molar-refractivity contribution < 1.29 is 9.59 Å². The molecular formula is C25H31N5O2. The van der Waals surface area contributed by atoms with Crippen LogP contribution in [0.4, 0.5) is 5.82 Å². The highest BCUT2D eigenvalue weighted by Gasteiger charge is 2.51. The monoisotopic (exact) mass is 433 g/mol. The average molecular weight is 434 g/mol. The highest BCUT2D eigenvalue weighted by atomic mass is 16.2. The molecule has 168 valence electrons. The van der Waals surface area contributed by atoms with Gasteiger partial charge >= 0.3 is 0 Å². The molecule has 1 unspecified atom stereocenters. The summed E-state index contributed by atoms with van der Waals surface area (Å²) in [5, 5.41) is 5.97. The number of hydrogen-bond acceptors (Lipinski definition) is 5. The largest absolute Gasteiger partial charge is 0.351 e. The van der Waals surface area contributed by atoms with E-state index in [1.807, 2.05) is 18.2 Å². The summed E-state index contributed by atoms with van der Waals surface area (Å²) in [5.74, 6) is 1.17. The minimum atomic E-state index is -0.631. The zero-order valence-electron chi connectivity index (χ0n) is 18.9. The van der Waals surface area contributed by atoms with Crippen LogP contribution in [0.15, 0.2) is 30.6 Å². The quantitative estimate of drug-likeness (QED) is 0.757. The van der Waals surface area contributed by atoms with E-state index in [1.54, 1.807) is 12.4 Å². The first kappa shape index (κ1) is 21.1. The number of nitrogens with zero attached hydrogens (tertiary/aromatic N) is 3. The van der Waals surface area contributed by atoms with Gasteiger partial charge in [0.1, 0.15) is 11.5 Å². The van der Waals surface area contributed by atoms with Gasteiger partial charge in [-0.15, -0.1) is 0 Å². The number of aromatic nitrogens is 2. The van der Waals surface area contributed by atoms with Crippen LogP contribution in [0.1, 0.15) is 60.3 Å². The van der Waals surface area contributed by atoms with Crippen molar-refractivity contribution in [3.8, 4) is 0 Å². The first-order chi connectivity index (χ1) is 15.5. The fourth-order valence-corrected chi connectivity index (χ4v) is 5.52. The molecule has 2 N–H and O–H groups in total. The maximum Gasteiger partial charge on any atom is 0.269 e. The number of pyridine rings is 2. The second-order valence-corrected chi connectivity index (χ2v) is 9.75. The topological polar surface area (TPSA) is 87.2 Å². The molecule has 2 amide bonds. The van der Waals surface area contributed by atoms with E-state index >= 15 is 0 Å². The number of piperidine rings is 1. The molecule has 7 nitrogen and oxygen atoms in total. The predicted molar refractivity (Wildman–Crippen MR) is 123 cm³/mol. The molecule has 32 heavy (non-hydrogen) atoms. The molecule has 5 rings (SSSR count). The van der Waals surface area contributed by atoms with Gasteiger partial charge in [0.05, 0.1) is 5.41 Å². The summed E-state index contributed by atoms with van der Waals surface area (Å²) >= 11 is 0. The summed E-state index contributed by atoms with van der Waals surface area (Å²) in [6.45, 7) is 7.48. The van der Waals surface area contributed by atoms with Crippen LogP contribution < -0.4 is 10.6 Å². The molecule has 2 aliphatic heterocycles. The highest BCUT2D eigenvalue weighted by Crippen LogP contribution is 2.46. The van der Waals surface area contributed by atoms with Gasteiger partial charge in [-0.3, -0.25) is 14.6 Å². The van der Waals surface area contributed by atoms with Crippen molar-refractivity contribution >= 4 is 17.6 Å². The molecule has 0 bridgehead atoms. The molecule has 0 aromatic carbocycles. The van der Waals surface area contributed by atoms with Gasteiger partial charge in [-0.1, -0.05) is 6.07 Å². The molecule has 1 saturated heterocycles. The van der Waals surface area contributed by atoms with Crippen LogP contribution in [0.2, 0.25) is 0 Å². The van der Waals surface area contributed by atoms with Gasteiger partial charge in [-0.05, 0) is 88.2 Å². The molecule has 7 heteroatoms. The van der Waals surface area contributed by atoms with Gasteiger partial charge in [-0.25, -0.2) is 4.98 Å². The maximum absolute atomic E-state index is 12.8. The van der Waals surface area contributed by atoms with Crippen LogP contribution in [-0.4, -0.2) is 52.4 Å². The zero-order chi connectivity index (χ0) is 22.3. The Hall–Kier alpha value is -2.80. The van der Waals surface area contributed by atoms with Crippen LogP contribution in [-0.2, 0) is 23.1 Å². The van der Waals surface area contributed by atoms with E-state index in [1.165, 1.54) is 12.8 Å². The smallest absolute Gasteiger partial charge is 0.269 e. The molecule has 2 aromatic heterocycles. The predicted octanol–water partition coefficient (Wildman–Crippen LogP) is 2.71. The van der Waals surface area contributed by atoms with Crippen LogP contribution in [0, 0.1) is 5.92 Å². The number of hydrogen-bond donors (Lipinski definition) is 2. The van der Waals surface area contributed by atoms with E-state index in [-0.39, 0.29) is 11.8 Å². The van der Waals surface area contributed by atoms with Crippen molar-refractivity contribution in [2.75, 3.05) is 25.0 Å². The fourth-order valence-electron chi connectivity index (χ4n) is 5.52. The number of likely N-dealkylation sites (tertiary alicyclic amines) is 1. The van der Waals surface area contributed by atoms with E-state index in [2.05, 4.69) is 39.3 Å². The van der Waals surface area contributed by atoms with Crippen molar-refractivity contribution in [2.45, 2.75) is 57.4 Å². The lowest BCUT2D eigenvalue weighted by molar-refractivity contribution is -0.120. The first-order valence-corrected chi connectivity index (χ1v) is 11.7. The van der Waals surface area contributed by atoms with Crippen molar-refractivity contribution in [3.05, 3.63) is 53.0 Å². The number of nitrogens with one attached hydrogen (secondary N) is 2. The Morgan fingerprint density at radius 3 is 2.81 bits per heavy atom. The van der Waals surface area contributed by atoms with Crippen molar-refractivity contribution in [2.24, 2.45) is 5.92 Å². The van der Waals surface area contributed by atoms with Gasteiger partial charge in [0, 0.05) is 30.5 Å². The number of anilines is 1. The Bertz CT molecular complexity index is 1040. The summed E-state index contributed by atoms with van der Waals surface area (Å²) < 4.78 is 0. The molecule has 1 spiro atoms. The number of fused-ring (bicyclic) bond motifs is 3. The molecule has 0 saturated carbocycles. The second-order valence-electron chi connectivity index (χ2n) is 9.75. The summed E-state index contributed by atoms with van der Waals surface area (Å²) in [7, 11) is 0. The van der Waals surface area contributed by atoms with Crippen LogP contribution in [0.25, 0.3) is 0 Å². The molecular weight excluding hydrogens is 402 g/mol. The normalized spacial score (nSPS) is 22.8. The molecule has 1 atom stereocenters. The van der Waals surface area contributed by atoms with E-state index < -0.39 is 5.41 Å². The molecule has 1 fully saturated rings. The summed E-state index contributed by atoms with van der Waals surface area (Å²) in [5.41, 5.74) is 2.80. The SMILES string of the molecule is CC(C)N1CCC(CCNC(=O)c2cc3c(cn2)CC2(C3)C(=O)Nc3ncccc32)CC1. The summed E-state index contributed by atoms with van der Waals surface area (Å²) in [4.78, 5) is 36.8.